The third-order valence-electron chi connectivity index (χ3n) is 4.30. The van der Waals surface area contributed by atoms with Gasteiger partial charge in [0.05, 0.1) is 5.60 Å². The van der Waals surface area contributed by atoms with E-state index in [0.29, 0.717) is 0 Å². The molecule has 0 aliphatic carbocycles. The van der Waals surface area contributed by atoms with E-state index in [4.69, 9.17) is 0 Å². The summed E-state index contributed by atoms with van der Waals surface area (Å²) in [5.74, 6) is -0.145. The van der Waals surface area contributed by atoms with Gasteiger partial charge in [-0.25, -0.2) is 4.39 Å². The fourth-order valence-electron chi connectivity index (χ4n) is 2.78. The Hall–Kier alpha value is -0.970. The van der Waals surface area contributed by atoms with E-state index in [1.165, 1.54) is 6.07 Å². The Labute approximate surface area is 120 Å². The number of hydrogen-bond donors (Lipinski definition) is 2. The van der Waals surface area contributed by atoms with Gasteiger partial charge in [0.25, 0.3) is 0 Å². The predicted octanol–water partition coefficient (Wildman–Crippen LogP) is 2.32. The number of nitrogens with zero attached hydrogens (tertiary/aromatic N) is 1. The van der Waals surface area contributed by atoms with Crippen LogP contribution in [0.2, 0.25) is 0 Å². The Bertz CT molecular complexity index is 426. The molecule has 1 atom stereocenters. The number of piperidine rings is 1. The predicted molar refractivity (Wildman–Crippen MR) is 79.1 cm³/mol. The highest BCUT2D eigenvalue weighted by molar-refractivity contribution is 5.21. The molecule has 0 aromatic heterocycles. The summed E-state index contributed by atoms with van der Waals surface area (Å²) in [5.41, 5.74) is 0.226. The zero-order valence-corrected chi connectivity index (χ0v) is 12.4. The lowest BCUT2D eigenvalue weighted by Crippen LogP contribution is -2.43. The molecular formula is C16H25FN2O. The molecule has 20 heavy (non-hydrogen) atoms. The second-order valence-corrected chi connectivity index (χ2v) is 5.99. The standard InChI is InChI=1S/C16H25FN2O/c1-16(20)8-11-19(12-9-16)10-7-15(18-2)13-5-3-4-6-14(13)17/h3-6,15,18,20H,7-12H2,1-2H3. The lowest BCUT2D eigenvalue weighted by molar-refractivity contribution is -0.00594. The smallest absolute Gasteiger partial charge is 0.127 e. The highest BCUT2D eigenvalue weighted by atomic mass is 19.1. The monoisotopic (exact) mass is 280 g/mol. The summed E-state index contributed by atoms with van der Waals surface area (Å²) < 4.78 is 13.8. The third kappa shape index (κ3) is 4.01. The average molecular weight is 280 g/mol. The number of benzene rings is 1. The minimum Gasteiger partial charge on any atom is -0.390 e. The summed E-state index contributed by atoms with van der Waals surface area (Å²) in [5, 5.41) is 13.1. The topological polar surface area (TPSA) is 35.5 Å². The first-order chi connectivity index (χ1) is 9.52. The molecule has 0 bridgehead atoms. The highest BCUT2D eigenvalue weighted by Gasteiger charge is 2.27. The van der Waals surface area contributed by atoms with Crippen LogP contribution in [0.25, 0.3) is 0 Å². The maximum absolute atomic E-state index is 13.8. The summed E-state index contributed by atoms with van der Waals surface area (Å²) in [6.45, 7) is 4.66. The summed E-state index contributed by atoms with van der Waals surface area (Å²) in [4.78, 5) is 2.35. The molecule has 0 spiro atoms. The van der Waals surface area contributed by atoms with Crippen LogP contribution in [0, 0.1) is 5.82 Å². The molecule has 1 aromatic carbocycles. The number of likely N-dealkylation sites (tertiary alicyclic amines) is 1. The van der Waals surface area contributed by atoms with Crippen molar-refractivity contribution in [3.05, 3.63) is 35.6 Å². The van der Waals surface area contributed by atoms with Crippen LogP contribution >= 0.6 is 0 Å². The van der Waals surface area contributed by atoms with E-state index in [0.717, 1.165) is 44.5 Å². The Kier molecular flexibility index (Phi) is 5.13. The first-order valence-corrected chi connectivity index (χ1v) is 7.38. The van der Waals surface area contributed by atoms with Gasteiger partial charge in [-0.1, -0.05) is 18.2 Å². The van der Waals surface area contributed by atoms with Gasteiger partial charge in [0.1, 0.15) is 5.82 Å². The quantitative estimate of drug-likeness (QED) is 0.869. The molecule has 1 fully saturated rings. The summed E-state index contributed by atoms with van der Waals surface area (Å²) in [6.07, 6.45) is 2.51. The van der Waals surface area contributed by atoms with E-state index in [2.05, 4.69) is 10.2 Å². The number of nitrogens with one attached hydrogen (secondary N) is 1. The molecule has 1 unspecified atom stereocenters. The maximum atomic E-state index is 13.8. The summed E-state index contributed by atoms with van der Waals surface area (Å²) >= 11 is 0. The number of rotatable bonds is 5. The minimum absolute atomic E-state index is 0.0404. The van der Waals surface area contributed by atoms with Crippen LogP contribution in [0.1, 0.15) is 37.8 Å². The van der Waals surface area contributed by atoms with Crippen LogP contribution < -0.4 is 5.32 Å². The summed E-state index contributed by atoms with van der Waals surface area (Å²) in [7, 11) is 1.87. The lowest BCUT2D eigenvalue weighted by atomic mass is 9.93. The van der Waals surface area contributed by atoms with E-state index in [1.807, 2.05) is 26.1 Å². The zero-order valence-electron chi connectivity index (χ0n) is 12.4. The molecule has 1 aromatic rings. The molecule has 0 amide bonds. The molecule has 2 N–H and O–H groups in total. The zero-order chi connectivity index (χ0) is 14.6. The number of aliphatic hydroxyl groups is 1. The fourth-order valence-corrected chi connectivity index (χ4v) is 2.78. The Balaban J connectivity index is 1.88. The van der Waals surface area contributed by atoms with Gasteiger partial charge in [-0.15, -0.1) is 0 Å². The molecule has 4 heteroatoms. The van der Waals surface area contributed by atoms with Crippen molar-refractivity contribution in [2.75, 3.05) is 26.7 Å². The van der Waals surface area contributed by atoms with Gasteiger partial charge in [0, 0.05) is 24.7 Å². The average Bonchev–Trinajstić information content (AvgIpc) is 2.43. The van der Waals surface area contributed by atoms with Gasteiger partial charge in [0.15, 0.2) is 0 Å². The van der Waals surface area contributed by atoms with E-state index in [1.54, 1.807) is 6.07 Å². The molecular weight excluding hydrogens is 255 g/mol. The van der Waals surface area contributed by atoms with Crippen LogP contribution in [0.4, 0.5) is 4.39 Å². The molecule has 112 valence electrons. The number of halogens is 1. The van der Waals surface area contributed by atoms with Gasteiger partial charge in [-0.05, 0) is 45.8 Å². The molecule has 1 aliphatic heterocycles. The Morgan fingerprint density at radius 2 is 2.00 bits per heavy atom. The third-order valence-corrected chi connectivity index (χ3v) is 4.30. The minimum atomic E-state index is -0.509. The maximum Gasteiger partial charge on any atom is 0.127 e. The molecule has 1 heterocycles. The molecule has 3 nitrogen and oxygen atoms in total. The SMILES string of the molecule is CNC(CCN1CCC(C)(O)CC1)c1ccccc1F. The van der Waals surface area contributed by atoms with Crippen molar-refractivity contribution in [1.29, 1.82) is 0 Å². The van der Waals surface area contributed by atoms with E-state index < -0.39 is 5.60 Å². The number of hydrogen-bond acceptors (Lipinski definition) is 3. The molecule has 0 radical (unpaired) electrons. The van der Waals surface area contributed by atoms with Crippen molar-refractivity contribution < 1.29 is 9.50 Å². The fraction of sp³-hybridized carbons (Fsp3) is 0.625. The van der Waals surface area contributed by atoms with Gasteiger partial charge < -0.3 is 15.3 Å². The van der Waals surface area contributed by atoms with Crippen LogP contribution in [0.15, 0.2) is 24.3 Å². The van der Waals surface area contributed by atoms with Gasteiger partial charge in [-0.3, -0.25) is 0 Å². The summed E-state index contributed by atoms with van der Waals surface area (Å²) in [6, 6.07) is 6.99. The molecule has 0 saturated carbocycles. The molecule has 1 saturated heterocycles. The van der Waals surface area contributed by atoms with Crippen LogP contribution in [-0.2, 0) is 0 Å². The highest BCUT2D eigenvalue weighted by Crippen LogP contribution is 2.24. The van der Waals surface area contributed by atoms with E-state index in [9.17, 15) is 9.50 Å². The van der Waals surface area contributed by atoms with Crippen molar-refractivity contribution in [2.45, 2.75) is 37.8 Å². The van der Waals surface area contributed by atoms with Crippen LogP contribution in [0.5, 0.6) is 0 Å². The van der Waals surface area contributed by atoms with Gasteiger partial charge in [-0.2, -0.15) is 0 Å². The van der Waals surface area contributed by atoms with Crippen molar-refractivity contribution >= 4 is 0 Å². The second kappa shape index (κ2) is 6.66. The van der Waals surface area contributed by atoms with Crippen molar-refractivity contribution in [1.82, 2.24) is 10.2 Å². The van der Waals surface area contributed by atoms with Crippen LogP contribution in [-0.4, -0.2) is 42.3 Å². The second-order valence-electron chi connectivity index (χ2n) is 5.99. The Morgan fingerprint density at radius 1 is 1.35 bits per heavy atom. The van der Waals surface area contributed by atoms with Gasteiger partial charge in [0.2, 0.25) is 0 Å². The first kappa shape index (κ1) is 15.4. The lowest BCUT2D eigenvalue weighted by Gasteiger charge is -2.36. The molecule has 1 aliphatic rings. The first-order valence-electron chi connectivity index (χ1n) is 7.38. The van der Waals surface area contributed by atoms with Crippen molar-refractivity contribution in [2.24, 2.45) is 0 Å². The largest absolute Gasteiger partial charge is 0.390 e. The van der Waals surface area contributed by atoms with E-state index in [-0.39, 0.29) is 11.9 Å². The van der Waals surface area contributed by atoms with Crippen molar-refractivity contribution in [3.63, 3.8) is 0 Å². The molecule has 2 rings (SSSR count). The van der Waals surface area contributed by atoms with Crippen molar-refractivity contribution in [3.8, 4) is 0 Å². The normalized spacial score (nSPS) is 20.8. The van der Waals surface area contributed by atoms with E-state index >= 15 is 0 Å². The Morgan fingerprint density at radius 3 is 2.60 bits per heavy atom. The van der Waals surface area contributed by atoms with Gasteiger partial charge >= 0.3 is 0 Å². The van der Waals surface area contributed by atoms with Crippen LogP contribution in [0.3, 0.4) is 0 Å².